The number of amides is 1. The van der Waals surface area contributed by atoms with Crippen LogP contribution in [0.3, 0.4) is 0 Å². The highest BCUT2D eigenvalue weighted by molar-refractivity contribution is 5.76. The second-order valence-electron chi connectivity index (χ2n) is 20.7. The summed E-state index contributed by atoms with van der Waals surface area (Å²) in [4.78, 5) is 24.5. The Bertz CT molecular complexity index is 1100. The molecule has 0 aromatic heterocycles. The predicted molar refractivity (Wildman–Crippen MR) is 296 cm³/mol. The van der Waals surface area contributed by atoms with Gasteiger partial charge in [-0.1, -0.05) is 275 Å². The van der Waals surface area contributed by atoms with E-state index in [1.54, 1.807) is 0 Å². The van der Waals surface area contributed by atoms with E-state index in [-0.39, 0.29) is 18.5 Å². The summed E-state index contributed by atoms with van der Waals surface area (Å²) in [5, 5.41) is 23.3. The Balaban J connectivity index is 3.53. The van der Waals surface area contributed by atoms with Crippen molar-refractivity contribution in [1.29, 1.82) is 0 Å². The molecule has 0 saturated carbocycles. The Kier molecular flexibility index (Phi) is 56.0. The maximum absolute atomic E-state index is 12.5. The lowest BCUT2D eigenvalue weighted by molar-refractivity contribution is -0.143. The topological polar surface area (TPSA) is 95.9 Å². The van der Waals surface area contributed by atoms with Gasteiger partial charge in [-0.05, 0) is 70.6 Å². The van der Waals surface area contributed by atoms with Crippen molar-refractivity contribution in [2.75, 3.05) is 13.2 Å². The highest BCUT2D eigenvalue weighted by Crippen LogP contribution is 2.17. The molecule has 0 aromatic carbocycles. The summed E-state index contributed by atoms with van der Waals surface area (Å²) >= 11 is 0. The van der Waals surface area contributed by atoms with Crippen LogP contribution in [-0.2, 0) is 14.3 Å². The first-order valence-corrected chi connectivity index (χ1v) is 30.2. The zero-order valence-corrected chi connectivity index (χ0v) is 45.6. The lowest BCUT2D eigenvalue weighted by Gasteiger charge is -2.22. The zero-order valence-electron chi connectivity index (χ0n) is 45.6. The third-order valence-electron chi connectivity index (χ3n) is 13.9. The second kappa shape index (κ2) is 57.7. The van der Waals surface area contributed by atoms with Crippen LogP contribution in [0.1, 0.15) is 322 Å². The number of ether oxygens (including phenoxy) is 1. The monoisotopic (exact) mass is 956 g/mol. The van der Waals surface area contributed by atoms with Crippen molar-refractivity contribution < 1.29 is 24.5 Å². The van der Waals surface area contributed by atoms with E-state index in [0.29, 0.717) is 32.3 Å². The molecule has 0 rings (SSSR count). The van der Waals surface area contributed by atoms with E-state index >= 15 is 0 Å². The number of hydrogen-bond donors (Lipinski definition) is 3. The fraction of sp³-hybridized carbons (Fsp3) is 0.871. The summed E-state index contributed by atoms with van der Waals surface area (Å²) < 4.78 is 5.45. The van der Waals surface area contributed by atoms with Crippen molar-refractivity contribution in [2.45, 2.75) is 334 Å². The molecule has 400 valence electrons. The molecule has 0 aliphatic carbocycles. The van der Waals surface area contributed by atoms with Crippen molar-refractivity contribution in [3.63, 3.8) is 0 Å². The van der Waals surface area contributed by atoms with Crippen LogP contribution in [0.4, 0.5) is 0 Å². The zero-order chi connectivity index (χ0) is 49.3. The number of hydrogen-bond acceptors (Lipinski definition) is 5. The van der Waals surface area contributed by atoms with E-state index in [1.807, 2.05) is 6.08 Å². The summed E-state index contributed by atoms with van der Waals surface area (Å²) in [5.74, 6) is -0.138. The van der Waals surface area contributed by atoms with Gasteiger partial charge in [-0.3, -0.25) is 9.59 Å². The molecular formula is C62H117NO5. The fourth-order valence-corrected chi connectivity index (χ4v) is 9.27. The summed E-state index contributed by atoms with van der Waals surface area (Å²) in [6, 6.07) is -0.587. The molecule has 2 atom stereocenters. The van der Waals surface area contributed by atoms with Crippen molar-refractivity contribution >= 4 is 11.9 Å². The van der Waals surface area contributed by atoms with Crippen LogP contribution in [0.2, 0.25) is 0 Å². The largest absolute Gasteiger partial charge is 0.466 e. The Morgan fingerprint density at radius 3 is 1.16 bits per heavy atom. The Morgan fingerprint density at radius 1 is 0.412 bits per heavy atom. The molecule has 6 nitrogen and oxygen atoms in total. The lowest BCUT2D eigenvalue weighted by Crippen LogP contribution is -2.45. The van der Waals surface area contributed by atoms with Gasteiger partial charge in [0.05, 0.1) is 25.4 Å². The quantitative estimate of drug-likeness (QED) is 0.0321. The Hall–Kier alpha value is -1.92. The van der Waals surface area contributed by atoms with Gasteiger partial charge in [0, 0.05) is 12.8 Å². The molecule has 0 radical (unpaired) electrons. The Morgan fingerprint density at radius 2 is 0.750 bits per heavy atom. The maximum Gasteiger partial charge on any atom is 0.305 e. The second-order valence-corrected chi connectivity index (χ2v) is 20.7. The minimum Gasteiger partial charge on any atom is -0.466 e. The number of aliphatic hydroxyl groups excluding tert-OH is 2. The van der Waals surface area contributed by atoms with Crippen molar-refractivity contribution in [3.05, 3.63) is 36.5 Å². The molecule has 68 heavy (non-hydrogen) atoms. The van der Waals surface area contributed by atoms with E-state index < -0.39 is 12.1 Å². The summed E-state index contributed by atoms with van der Waals surface area (Å²) in [6.07, 6.45) is 71.6. The number of nitrogens with one attached hydrogen (secondary N) is 1. The molecule has 0 heterocycles. The molecular weight excluding hydrogens is 839 g/mol. The molecule has 0 spiro atoms. The van der Waals surface area contributed by atoms with E-state index in [2.05, 4.69) is 49.5 Å². The van der Waals surface area contributed by atoms with Gasteiger partial charge in [0.25, 0.3) is 0 Å². The van der Waals surface area contributed by atoms with E-state index in [9.17, 15) is 19.8 Å². The molecule has 0 aromatic rings. The van der Waals surface area contributed by atoms with Crippen LogP contribution >= 0.6 is 0 Å². The minimum absolute atomic E-state index is 0.0250. The maximum atomic E-state index is 12.5. The first kappa shape index (κ1) is 66.1. The molecule has 0 aliphatic heterocycles. The Labute approximate surface area is 424 Å². The normalized spacial score (nSPS) is 12.8. The molecule has 0 bridgehead atoms. The van der Waals surface area contributed by atoms with Crippen LogP contribution in [0.25, 0.3) is 0 Å². The molecule has 1 amide bonds. The van der Waals surface area contributed by atoms with Crippen LogP contribution < -0.4 is 5.32 Å². The standard InChI is InChI=1S/C62H117NO5/c1-3-5-7-9-11-13-15-17-19-20-21-22-23-24-25-26-27-28-30-34-38-42-46-50-54-60(65)59(58-64)63-61(66)55-51-47-43-39-35-31-29-33-37-41-45-49-53-57-68-62(67)56-52-48-44-40-36-32-18-16-14-12-10-8-6-4-2/h16,18,31,35,43,47,59-60,64-65H,3-15,17,19-30,32-34,36-42,44-46,48-58H2,1-2H3,(H,63,66)/b18-16-,35-31-,47-43-. The highest BCUT2D eigenvalue weighted by atomic mass is 16.5. The molecule has 0 saturated heterocycles. The number of carbonyl (C=O) groups is 2. The third-order valence-corrected chi connectivity index (χ3v) is 13.9. The summed E-state index contributed by atoms with van der Waals surface area (Å²) in [7, 11) is 0. The smallest absolute Gasteiger partial charge is 0.305 e. The number of aliphatic hydroxyl groups is 2. The van der Waals surface area contributed by atoms with Gasteiger partial charge in [-0.2, -0.15) is 0 Å². The van der Waals surface area contributed by atoms with Crippen LogP contribution in [-0.4, -0.2) is 47.4 Å². The first-order valence-electron chi connectivity index (χ1n) is 30.2. The van der Waals surface area contributed by atoms with E-state index in [1.165, 1.54) is 231 Å². The van der Waals surface area contributed by atoms with Crippen molar-refractivity contribution in [3.8, 4) is 0 Å². The fourth-order valence-electron chi connectivity index (χ4n) is 9.27. The van der Waals surface area contributed by atoms with Gasteiger partial charge in [-0.15, -0.1) is 0 Å². The van der Waals surface area contributed by atoms with Gasteiger partial charge in [0.15, 0.2) is 0 Å². The molecule has 0 aliphatic rings. The van der Waals surface area contributed by atoms with Crippen LogP contribution in [0.5, 0.6) is 0 Å². The molecule has 6 heteroatoms. The number of esters is 1. The summed E-state index contributed by atoms with van der Waals surface area (Å²) in [6.45, 7) is 4.89. The number of unbranched alkanes of at least 4 members (excludes halogenated alkanes) is 39. The van der Waals surface area contributed by atoms with Gasteiger partial charge < -0.3 is 20.3 Å². The number of allylic oxidation sites excluding steroid dienone is 6. The van der Waals surface area contributed by atoms with E-state index in [0.717, 1.165) is 51.4 Å². The average Bonchev–Trinajstić information content (AvgIpc) is 3.34. The van der Waals surface area contributed by atoms with Crippen molar-refractivity contribution in [2.24, 2.45) is 0 Å². The predicted octanol–water partition coefficient (Wildman–Crippen LogP) is 18.8. The SMILES string of the molecule is CCCCCCC/C=C\CCCCCCCC(=O)OCCCCCCCC/C=C\C/C=C\CCC(=O)NC(CO)C(O)CCCCCCCCCCCCCCCCCCCCCCCCCC. The van der Waals surface area contributed by atoms with Crippen LogP contribution in [0.15, 0.2) is 36.5 Å². The van der Waals surface area contributed by atoms with Gasteiger partial charge in [0.1, 0.15) is 0 Å². The first-order chi connectivity index (χ1) is 33.5. The van der Waals surface area contributed by atoms with Crippen LogP contribution in [0, 0.1) is 0 Å². The van der Waals surface area contributed by atoms with Crippen molar-refractivity contribution in [1.82, 2.24) is 5.32 Å². The molecule has 2 unspecified atom stereocenters. The number of rotatable bonds is 56. The molecule has 0 fully saturated rings. The average molecular weight is 957 g/mol. The highest BCUT2D eigenvalue weighted by Gasteiger charge is 2.19. The third kappa shape index (κ3) is 53.4. The molecule has 3 N–H and O–H groups in total. The lowest BCUT2D eigenvalue weighted by atomic mass is 10.0. The van der Waals surface area contributed by atoms with Gasteiger partial charge >= 0.3 is 5.97 Å². The minimum atomic E-state index is -0.701. The van der Waals surface area contributed by atoms with Gasteiger partial charge in [-0.25, -0.2) is 0 Å². The summed E-state index contributed by atoms with van der Waals surface area (Å²) in [5.41, 5.74) is 0. The van der Waals surface area contributed by atoms with Gasteiger partial charge in [0.2, 0.25) is 5.91 Å². The van der Waals surface area contributed by atoms with E-state index in [4.69, 9.17) is 4.74 Å². The number of carbonyl (C=O) groups excluding carboxylic acids is 2.